The molecule has 0 radical (unpaired) electrons. The summed E-state index contributed by atoms with van der Waals surface area (Å²) < 4.78 is 13.0. The third-order valence-corrected chi connectivity index (χ3v) is 2.85. The molecule has 0 saturated carbocycles. The Hall–Kier alpha value is -1.95. The van der Waals surface area contributed by atoms with E-state index in [2.05, 4.69) is 10.6 Å². The first kappa shape index (κ1) is 16.1. The summed E-state index contributed by atoms with van der Waals surface area (Å²) in [5.41, 5.74) is 0.216. The molecule has 0 heterocycles. The molecule has 6 heteroatoms. The van der Waals surface area contributed by atoms with Gasteiger partial charge in [0.15, 0.2) is 0 Å². The molecule has 0 aliphatic rings. The number of anilines is 1. The minimum atomic E-state index is -0.862. The fourth-order valence-corrected chi connectivity index (χ4v) is 1.70. The van der Waals surface area contributed by atoms with Gasteiger partial charge in [0, 0.05) is 18.3 Å². The van der Waals surface area contributed by atoms with Crippen molar-refractivity contribution in [3.63, 3.8) is 0 Å². The molecule has 2 amide bonds. The average Bonchev–Trinajstić information content (AvgIpc) is 2.37. The van der Waals surface area contributed by atoms with Gasteiger partial charge >= 0.3 is 11.8 Å². The van der Waals surface area contributed by atoms with Crippen molar-refractivity contribution in [2.75, 3.05) is 11.9 Å². The number of hydrogen-bond donors (Lipinski definition) is 3. The Morgan fingerprint density at radius 1 is 1.30 bits per heavy atom. The zero-order valence-corrected chi connectivity index (χ0v) is 11.5. The second-order valence-electron chi connectivity index (χ2n) is 4.80. The van der Waals surface area contributed by atoms with Crippen molar-refractivity contribution in [3.05, 3.63) is 30.1 Å². The van der Waals surface area contributed by atoms with Crippen molar-refractivity contribution < 1.29 is 19.1 Å². The van der Waals surface area contributed by atoms with Gasteiger partial charge in [-0.3, -0.25) is 9.59 Å². The van der Waals surface area contributed by atoms with Crippen LogP contribution in [0.1, 0.15) is 20.3 Å². The second-order valence-corrected chi connectivity index (χ2v) is 4.80. The predicted octanol–water partition coefficient (Wildman–Crippen LogP) is 1.29. The van der Waals surface area contributed by atoms with Gasteiger partial charge in [-0.2, -0.15) is 0 Å². The lowest BCUT2D eigenvalue weighted by molar-refractivity contribution is -0.136. The summed E-state index contributed by atoms with van der Waals surface area (Å²) >= 11 is 0. The maximum Gasteiger partial charge on any atom is 0.313 e. The first-order valence-electron chi connectivity index (χ1n) is 6.42. The van der Waals surface area contributed by atoms with Crippen LogP contribution in [0.25, 0.3) is 0 Å². The number of carbonyl (C=O) groups excluding carboxylic acids is 2. The maximum absolute atomic E-state index is 13.0. The van der Waals surface area contributed by atoms with E-state index in [0.717, 1.165) is 6.07 Å². The van der Waals surface area contributed by atoms with Crippen LogP contribution in [0, 0.1) is 11.7 Å². The number of aliphatic hydroxyl groups excluding tert-OH is 1. The molecular formula is C14H19FN2O3. The van der Waals surface area contributed by atoms with Gasteiger partial charge in [0.05, 0.1) is 0 Å². The smallest absolute Gasteiger partial charge is 0.313 e. The van der Waals surface area contributed by atoms with Crippen LogP contribution in [0.2, 0.25) is 0 Å². The Balaban J connectivity index is 2.60. The van der Waals surface area contributed by atoms with Crippen molar-refractivity contribution in [1.82, 2.24) is 5.32 Å². The SMILES string of the molecule is CC(C)C(CCO)NC(=O)C(=O)Nc1cccc(F)c1. The fraction of sp³-hybridized carbons (Fsp3) is 0.429. The van der Waals surface area contributed by atoms with Gasteiger partial charge < -0.3 is 15.7 Å². The molecule has 1 unspecified atom stereocenters. The van der Waals surface area contributed by atoms with E-state index in [9.17, 15) is 14.0 Å². The molecule has 0 aliphatic carbocycles. The van der Waals surface area contributed by atoms with Crippen LogP contribution in [0.4, 0.5) is 10.1 Å². The van der Waals surface area contributed by atoms with Crippen LogP contribution >= 0.6 is 0 Å². The largest absolute Gasteiger partial charge is 0.396 e. The van der Waals surface area contributed by atoms with E-state index in [1.165, 1.54) is 18.2 Å². The molecule has 0 aromatic heterocycles. The van der Waals surface area contributed by atoms with Crippen LogP contribution in [0.5, 0.6) is 0 Å². The van der Waals surface area contributed by atoms with Crippen molar-refractivity contribution in [2.24, 2.45) is 5.92 Å². The second kappa shape index (κ2) is 7.59. The van der Waals surface area contributed by atoms with Crippen LogP contribution in [-0.4, -0.2) is 29.6 Å². The Morgan fingerprint density at radius 2 is 2.00 bits per heavy atom. The van der Waals surface area contributed by atoms with Crippen molar-refractivity contribution in [2.45, 2.75) is 26.3 Å². The highest BCUT2D eigenvalue weighted by atomic mass is 19.1. The summed E-state index contributed by atoms with van der Waals surface area (Å²) in [5, 5.41) is 13.8. The summed E-state index contributed by atoms with van der Waals surface area (Å²) in [7, 11) is 0. The molecule has 1 atom stereocenters. The molecule has 1 aromatic carbocycles. The Labute approximate surface area is 117 Å². The monoisotopic (exact) mass is 282 g/mol. The summed E-state index contributed by atoms with van der Waals surface area (Å²) in [4.78, 5) is 23.4. The van der Waals surface area contributed by atoms with Gasteiger partial charge in [0.2, 0.25) is 0 Å². The molecule has 0 bridgehead atoms. The van der Waals surface area contributed by atoms with Crippen molar-refractivity contribution >= 4 is 17.5 Å². The average molecular weight is 282 g/mol. The number of nitrogens with one attached hydrogen (secondary N) is 2. The van der Waals surface area contributed by atoms with E-state index in [-0.39, 0.29) is 24.3 Å². The standard InChI is InChI=1S/C14H19FN2O3/c1-9(2)12(6-7-18)17-14(20)13(19)16-11-5-3-4-10(15)8-11/h3-5,8-9,12,18H,6-7H2,1-2H3,(H,16,19)(H,17,20). The minimum Gasteiger partial charge on any atom is -0.396 e. The molecule has 20 heavy (non-hydrogen) atoms. The van der Waals surface area contributed by atoms with Gasteiger partial charge in [0.1, 0.15) is 5.82 Å². The highest BCUT2D eigenvalue weighted by Gasteiger charge is 2.20. The highest BCUT2D eigenvalue weighted by Crippen LogP contribution is 2.09. The Kier molecular flexibility index (Phi) is 6.11. The number of benzene rings is 1. The van der Waals surface area contributed by atoms with Crippen LogP contribution < -0.4 is 10.6 Å². The van der Waals surface area contributed by atoms with Crippen LogP contribution in [0.3, 0.4) is 0 Å². The third kappa shape index (κ3) is 4.97. The summed E-state index contributed by atoms with van der Waals surface area (Å²) in [6.07, 6.45) is 0.372. The molecule has 5 nitrogen and oxygen atoms in total. The Bertz CT molecular complexity index is 477. The number of carbonyl (C=O) groups is 2. The van der Waals surface area contributed by atoms with Crippen molar-refractivity contribution in [1.29, 1.82) is 0 Å². The molecule has 1 aromatic rings. The molecule has 3 N–H and O–H groups in total. The lowest BCUT2D eigenvalue weighted by atomic mass is 10.0. The van der Waals surface area contributed by atoms with Crippen LogP contribution in [0.15, 0.2) is 24.3 Å². The zero-order chi connectivity index (χ0) is 15.1. The number of amides is 2. The van der Waals surface area contributed by atoms with E-state index in [0.29, 0.717) is 6.42 Å². The van der Waals surface area contributed by atoms with Gasteiger partial charge in [-0.15, -0.1) is 0 Å². The van der Waals surface area contributed by atoms with Gasteiger partial charge in [-0.1, -0.05) is 19.9 Å². The van der Waals surface area contributed by atoms with E-state index < -0.39 is 17.6 Å². The quantitative estimate of drug-likeness (QED) is 0.712. The van der Waals surface area contributed by atoms with E-state index in [4.69, 9.17) is 5.11 Å². The number of rotatable bonds is 5. The lowest BCUT2D eigenvalue weighted by Crippen LogP contribution is -2.44. The van der Waals surface area contributed by atoms with Gasteiger partial charge in [-0.05, 0) is 30.5 Å². The molecule has 0 aliphatic heterocycles. The highest BCUT2D eigenvalue weighted by molar-refractivity contribution is 6.39. The lowest BCUT2D eigenvalue weighted by Gasteiger charge is -2.21. The third-order valence-electron chi connectivity index (χ3n) is 2.85. The summed E-state index contributed by atoms with van der Waals surface area (Å²) in [6.45, 7) is 3.69. The molecule has 0 spiro atoms. The van der Waals surface area contributed by atoms with Gasteiger partial charge in [-0.25, -0.2) is 4.39 Å². The first-order chi connectivity index (χ1) is 9.43. The fourth-order valence-electron chi connectivity index (χ4n) is 1.70. The number of halogens is 1. The van der Waals surface area contributed by atoms with E-state index in [1.54, 1.807) is 0 Å². The minimum absolute atomic E-state index is 0.0748. The van der Waals surface area contributed by atoms with Gasteiger partial charge in [0.25, 0.3) is 0 Å². The summed E-state index contributed by atoms with van der Waals surface area (Å²) in [6, 6.07) is 5.00. The summed E-state index contributed by atoms with van der Waals surface area (Å²) in [5.74, 6) is -2.07. The van der Waals surface area contributed by atoms with Crippen molar-refractivity contribution in [3.8, 4) is 0 Å². The molecular weight excluding hydrogens is 263 g/mol. The molecule has 0 saturated heterocycles. The number of hydrogen-bond acceptors (Lipinski definition) is 3. The first-order valence-corrected chi connectivity index (χ1v) is 6.42. The van der Waals surface area contributed by atoms with E-state index in [1.807, 2.05) is 13.8 Å². The Morgan fingerprint density at radius 3 is 2.55 bits per heavy atom. The molecule has 110 valence electrons. The van der Waals surface area contributed by atoms with E-state index >= 15 is 0 Å². The normalized spacial score (nSPS) is 12.1. The maximum atomic E-state index is 13.0. The molecule has 0 fully saturated rings. The topological polar surface area (TPSA) is 78.4 Å². The number of aliphatic hydroxyl groups is 1. The zero-order valence-electron chi connectivity index (χ0n) is 11.5. The molecule has 1 rings (SSSR count). The predicted molar refractivity (Wildman–Crippen MR) is 73.5 cm³/mol. The van der Waals surface area contributed by atoms with Crippen LogP contribution in [-0.2, 0) is 9.59 Å².